The number of methoxy groups -OCH3 is 1. The highest BCUT2D eigenvalue weighted by Crippen LogP contribution is 2.40. The van der Waals surface area contributed by atoms with E-state index in [-0.39, 0.29) is 6.42 Å². The van der Waals surface area contributed by atoms with E-state index in [2.05, 4.69) is 46.1 Å². The van der Waals surface area contributed by atoms with Gasteiger partial charge < -0.3 is 9.30 Å². The topological polar surface area (TPSA) is 90.3 Å². The maximum absolute atomic E-state index is 12.3. The van der Waals surface area contributed by atoms with E-state index in [1.807, 2.05) is 65.4 Å². The fourth-order valence-corrected chi connectivity index (χ4v) is 5.12. The molecule has 180 valence electrons. The molecule has 1 aromatic heterocycles. The molecule has 7 nitrogen and oxygen atoms in total. The number of rotatable bonds is 9. The molecule has 0 bridgehead atoms. The molecule has 1 heterocycles. The highest BCUT2D eigenvalue weighted by molar-refractivity contribution is 7.88. The van der Waals surface area contributed by atoms with Crippen LogP contribution >= 0.6 is 0 Å². The Kier molecular flexibility index (Phi) is 7.14. The minimum absolute atomic E-state index is 0.0428. The second-order valence-corrected chi connectivity index (χ2v) is 10.0. The Balaban J connectivity index is 1.88. The molecule has 4 aromatic rings. The van der Waals surface area contributed by atoms with Gasteiger partial charge in [0.1, 0.15) is 11.6 Å². The maximum Gasteiger partial charge on any atom is 0.324 e. The molecular weight excluding hydrogens is 462 g/mol. The van der Waals surface area contributed by atoms with Crippen LogP contribution in [0.2, 0.25) is 0 Å². The number of imidazole rings is 1. The van der Waals surface area contributed by atoms with Crippen LogP contribution in [0.25, 0.3) is 0 Å². The van der Waals surface area contributed by atoms with Crippen molar-refractivity contribution in [2.24, 2.45) is 0 Å². The van der Waals surface area contributed by atoms with Gasteiger partial charge in [-0.25, -0.2) is 18.1 Å². The summed E-state index contributed by atoms with van der Waals surface area (Å²) in [7, 11) is -2.41. The molecule has 1 atom stereocenters. The van der Waals surface area contributed by atoms with Gasteiger partial charge in [0.05, 0.1) is 25.4 Å². The van der Waals surface area contributed by atoms with Gasteiger partial charge in [-0.3, -0.25) is 4.79 Å². The first-order valence-corrected chi connectivity index (χ1v) is 13.0. The maximum atomic E-state index is 12.3. The molecule has 0 saturated carbocycles. The Labute approximate surface area is 205 Å². The highest BCUT2D eigenvalue weighted by atomic mass is 32.2. The average Bonchev–Trinajstić information content (AvgIpc) is 3.33. The summed E-state index contributed by atoms with van der Waals surface area (Å²) in [5.74, 6) is -0.676. The third kappa shape index (κ3) is 5.18. The van der Waals surface area contributed by atoms with Gasteiger partial charge in [0.2, 0.25) is 10.0 Å². The lowest BCUT2D eigenvalue weighted by Crippen LogP contribution is -2.42. The number of hydrogen-bond acceptors (Lipinski definition) is 5. The second kappa shape index (κ2) is 10.2. The third-order valence-corrected chi connectivity index (χ3v) is 6.57. The van der Waals surface area contributed by atoms with Crippen LogP contribution in [0.3, 0.4) is 0 Å². The predicted octanol–water partition coefficient (Wildman–Crippen LogP) is 3.36. The lowest BCUT2D eigenvalue weighted by Gasteiger charge is -2.37. The average molecular weight is 490 g/mol. The van der Waals surface area contributed by atoms with Gasteiger partial charge in [0.25, 0.3) is 0 Å². The molecule has 1 N–H and O–H groups in total. The van der Waals surface area contributed by atoms with E-state index >= 15 is 0 Å². The zero-order chi connectivity index (χ0) is 24.9. The lowest BCUT2D eigenvalue weighted by atomic mass is 9.77. The van der Waals surface area contributed by atoms with Crippen LogP contribution < -0.4 is 4.72 Å². The summed E-state index contributed by atoms with van der Waals surface area (Å²) in [6.07, 6.45) is 4.62. The second-order valence-electron chi connectivity index (χ2n) is 8.25. The molecule has 0 unspecified atom stereocenters. The molecule has 0 aliphatic rings. The Morgan fingerprint density at radius 1 is 0.914 bits per heavy atom. The molecular formula is C27H27N3O4S. The van der Waals surface area contributed by atoms with Crippen LogP contribution in [0.4, 0.5) is 0 Å². The number of ether oxygens (including phenoxy) is 1. The molecule has 3 aromatic carbocycles. The Morgan fingerprint density at radius 3 is 1.77 bits per heavy atom. The molecule has 4 rings (SSSR count). The van der Waals surface area contributed by atoms with Crippen molar-refractivity contribution in [3.8, 4) is 0 Å². The van der Waals surface area contributed by atoms with Crippen molar-refractivity contribution in [3.63, 3.8) is 0 Å². The van der Waals surface area contributed by atoms with Crippen molar-refractivity contribution >= 4 is 16.0 Å². The van der Waals surface area contributed by atoms with Crippen molar-refractivity contribution in [1.82, 2.24) is 14.3 Å². The summed E-state index contributed by atoms with van der Waals surface area (Å²) in [5, 5.41) is 0. The molecule has 0 fully saturated rings. The molecule has 35 heavy (non-hydrogen) atoms. The zero-order valence-electron chi connectivity index (χ0n) is 19.5. The SMILES string of the molecule is COC(=O)[C@H](Cc1cn(C(c2ccccc2)(c2ccccc2)c2ccccc2)cn1)NS(C)(=O)=O. The number of nitrogens with one attached hydrogen (secondary N) is 1. The molecule has 8 heteroatoms. The van der Waals surface area contributed by atoms with Gasteiger partial charge in [-0.05, 0) is 16.7 Å². The zero-order valence-corrected chi connectivity index (χ0v) is 20.4. The fourth-order valence-electron chi connectivity index (χ4n) is 4.42. The third-order valence-electron chi connectivity index (χ3n) is 5.85. The summed E-state index contributed by atoms with van der Waals surface area (Å²) >= 11 is 0. The van der Waals surface area contributed by atoms with E-state index in [0.717, 1.165) is 22.9 Å². The normalized spacial score (nSPS) is 12.7. The Bertz CT molecular complexity index is 1280. The quantitative estimate of drug-likeness (QED) is 0.288. The lowest BCUT2D eigenvalue weighted by molar-refractivity contribution is -0.142. The monoisotopic (exact) mass is 489 g/mol. The van der Waals surface area contributed by atoms with Gasteiger partial charge in [0.15, 0.2) is 0 Å². The molecule has 0 aliphatic carbocycles. The van der Waals surface area contributed by atoms with E-state index in [4.69, 9.17) is 4.74 Å². The largest absolute Gasteiger partial charge is 0.468 e. The predicted molar refractivity (Wildman–Crippen MR) is 134 cm³/mol. The first kappa shape index (κ1) is 24.4. The summed E-state index contributed by atoms with van der Waals surface area (Å²) in [6.45, 7) is 0. The van der Waals surface area contributed by atoms with Crippen molar-refractivity contribution in [2.45, 2.75) is 18.0 Å². The molecule has 0 saturated heterocycles. The van der Waals surface area contributed by atoms with E-state index in [9.17, 15) is 13.2 Å². The van der Waals surface area contributed by atoms with E-state index in [1.54, 1.807) is 6.33 Å². The number of carbonyl (C=O) groups excluding carboxylic acids is 1. The van der Waals surface area contributed by atoms with E-state index in [0.29, 0.717) is 5.69 Å². The molecule has 0 spiro atoms. The smallest absolute Gasteiger partial charge is 0.324 e. The van der Waals surface area contributed by atoms with Crippen molar-refractivity contribution < 1.29 is 17.9 Å². The van der Waals surface area contributed by atoms with Gasteiger partial charge in [-0.2, -0.15) is 0 Å². The van der Waals surface area contributed by atoms with Crippen molar-refractivity contribution in [3.05, 3.63) is 126 Å². The first-order chi connectivity index (χ1) is 16.8. The van der Waals surface area contributed by atoms with Gasteiger partial charge in [-0.15, -0.1) is 0 Å². The fraction of sp³-hybridized carbons (Fsp3) is 0.185. The summed E-state index contributed by atoms with van der Waals surface area (Å²) < 4.78 is 32.8. The summed E-state index contributed by atoms with van der Waals surface area (Å²) in [4.78, 5) is 16.8. The van der Waals surface area contributed by atoms with Gasteiger partial charge in [0, 0.05) is 12.6 Å². The summed E-state index contributed by atoms with van der Waals surface area (Å²) in [5.41, 5.74) is 2.88. The van der Waals surface area contributed by atoms with Crippen LogP contribution in [-0.2, 0) is 31.5 Å². The Hall–Kier alpha value is -3.75. The molecule has 0 radical (unpaired) electrons. The van der Waals surface area contributed by atoms with E-state index < -0.39 is 27.6 Å². The minimum atomic E-state index is -3.63. The number of benzene rings is 3. The number of esters is 1. The van der Waals surface area contributed by atoms with Crippen LogP contribution in [0.5, 0.6) is 0 Å². The van der Waals surface area contributed by atoms with Crippen LogP contribution in [0, 0.1) is 0 Å². The van der Waals surface area contributed by atoms with Crippen LogP contribution in [0.1, 0.15) is 22.4 Å². The van der Waals surface area contributed by atoms with Gasteiger partial charge in [-0.1, -0.05) is 91.0 Å². The van der Waals surface area contributed by atoms with Crippen molar-refractivity contribution in [2.75, 3.05) is 13.4 Å². The number of sulfonamides is 1. The number of hydrogen-bond donors (Lipinski definition) is 1. The Morgan fingerprint density at radius 2 is 1.37 bits per heavy atom. The van der Waals surface area contributed by atoms with Crippen LogP contribution in [-0.4, -0.2) is 43.3 Å². The van der Waals surface area contributed by atoms with Gasteiger partial charge >= 0.3 is 5.97 Å². The molecule has 0 aliphatic heterocycles. The van der Waals surface area contributed by atoms with Crippen molar-refractivity contribution in [1.29, 1.82) is 0 Å². The number of nitrogens with zero attached hydrogens (tertiary/aromatic N) is 2. The minimum Gasteiger partial charge on any atom is -0.468 e. The molecule has 0 amide bonds. The highest BCUT2D eigenvalue weighted by Gasteiger charge is 2.38. The first-order valence-electron chi connectivity index (χ1n) is 11.1. The number of aromatic nitrogens is 2. The summed E-state index contributed by atoms with van der Waals surface area (Å²) in [6, 6.07) is 29.2. The number of carbonyl (C=O) groups is 1. The van der Waals surface area contributed by atoms with E-state index in [1.165, 1.54) is 7.11 Å². The van der Waals surface area contributed by atoms with Crippen LogP contribution in [0.15, 0.2) is 104 Å². The standard InChI is InChI=1S/C27H27N3O4S/c1-34-26(31)25(29-35(2,32)33)18-24-19-30(20-28-24)27(21-12-6-3-7-13-21,22-14-8-4-9-15-22)23-16-10-5-11-17-23/h3-17,19-20,25,29H,18H2,1-2H3/t25-/m0/s1.